The Kier molecular flexibility index (Phi) is 3.82. The third-order valence-corrected chi connectivity index (χ3v) is 5.53. The Bertz CT molecular complexity index is 742. The summed E-state index contributed by atoms with van der Waals surface area (Å²) in [5.74, 6) is -0.241. The van der Waals surface area contributed by atoms with Crippen LogP contribution in [0.15, 0.2) is 36.4 Å². The van der Waals surface area contributed by atoms with Crippen LogP contribution in [-0.4, -0.2) is 36.3 Å². The average molecular weight is 340 g/mol. The number of carbonyl (C=O) groups is 3. The number of methoxy groups -OCH3 is 1. The van der Waals surface area contributed by atoms with E-state index >= 15 is 0 Å². The second kappa shape index (κ2) is 6.02. The molecule has 1 saturated carbocycles. The molecule has 1 heterocycles. The number of fused-ring (bicyclic) bond motifs is 5. The van der Waals surface area contributed by atoms with Crippen molar-refractivity contribution in [2.75, 3.05) is 13.7 Å². The molecule has 0 spiro atoms. The normalized spacial score (nSPS) is 29.2. The van der Waals surface area contributed by atoms with Crippen molar-refractivity contribution in [2.45, 2.75) is 13.0 Å². The van der Waals surface area contributed by atoms with Crippen LogP contribution in [0.5, 0.6) is 5.75 Å². The van der Waals surface area contributed by atoms with Gasteiger partial charge in [-0.1, -0.05) is 30.4 Å². The number of allylic oxidation sites excluding steroid dienone is 2. The molecular formula is C19H20N2O4. The molecule has 0 aromatic heterocycles. The Morgan fingerprint density at radius 2 is 1.80 bits per heavy atom. The molecule has 4 rings (SSSR count). The van der Waals surface area contributed by atoms with Gasteiger partial charge in [0.15, 0.2) is 0 Å². The maximum atomic E-state index is 12.6. The number of benzene rings is 1. The second-order valence-corrected chi connectivity index (χ2v) is 6.85. The van der Waals surface area contributed by atoms with Gasteiger partial charge in [0.25, 0.3) is 0 Å². The quantitative estimate of drug-likeness (QED) is 0.644. The zero-order valence-corrected chi connectivity index (χ0v) is 14.0. The molecule has 1 saturated heterocycles. The number of hydrogen-bond acceptors (Lipinski definition) is 4. The summed E-state index contributed by atoms with van der Waals surface area (Å²) in [6, 6.07) is 7.40. The number of hydrogen-bond donors (Lipinski definition) is 1. The summed E-state index contributed by atoms with van der Waals surface area (Å²) in [5.41, 5.74) is 0.844. The van der Waals surface area contributed by atoms with E-state index in [1.165, 1.54) is 0 Å². The smallest absolute Gasteiger partial charge is 0.240 e. The van der Waals surface area contributed by atoms with E-state index in [0.717, 1.165) is 16.9 Å². The Balaban J connectivity index is 1.39. The van der Waals surface area contributed by atoms with E-state index in [0.29, 0.717) is 12.3 Å². The second-order valence-electron chi connectivity index (χ2n) is 6.85. The number of amides is 3. The zero-order valence-electron chi connectivity index (χ0n) is 14.0. The minimum atomic E-state index is -0.340. The number of likely N-dealkylation sites (tertiary alicyclic amines) is 1. The monoisotopic (exact) mass is 340 g/mol. The van der Waals surface area contributed by atoms with E-state index in [1.807, 2.05) is 36.4 Å². The standard InChI is InChI=1S/C19H20N2O4/c1-25-14-5-3-2-4-13(14)9-20-15(22)10-21-18(23)16-11-6-7-12(8-11)17(16)19(21)24/h2-7,11-12,16-17H,8-10H2,1H3,(H,20,22)/t11-,12-,16-,17-/m0/s1. The van der Waals surface area contributed by atoms with Gasteiger partial charge in [-0.25, -0.2) is 0 Å². The Hall–Kier alpha value is -2.63. The highest BCUT2D eigenvalue weighted by molar-refractivity contribution is 6.08. The number of para-hydroxylation sites is 1. The van der Waals surface area contributed by atoms with E-state index in [-0.39, 0.29) is 47.9 Å². The molecule has 1 N–H and O–H groups in total. The minimum absolute atomic E-state index is 0.160. The first-order valence-corrected chi connectivity index (χ1v) is 8.52. The van der Waals surface area contributed by atoms with E-state index in [2.05, 4.69) is 5.32 Å². The van der Waals surface area contributed by atoms with Gasteiger partial charge in [0, 0.05) is 12.1 Å². The zero-order chi connectivity index (χ0) is 17.6. The molecule has 4 atom stereocenters. The van der Waals surface area contributed by atoms with Crippen molar-refractivity contribution < 1.29 is 19.1 Å². The van der Waals surface area contributed by atoms with Crippen molar-refractivity contribution >= 4 is 17.7 Å². The predicted octanol–water partition coefficient (Wildman–Crippen LogP) is 1.12. The molecule has 3 aliphatic rings. The third kappa shape index (κ3) is 2.52. The number of imide groups is 1. The van der Waals surface area contributed by atoms with Crippen LogP contribution in [0.3, 0.4) is 0 Å². The highest BCUT2D eigenvalue weighted by Crippen LogP contribution is 2.52. The number of carbonyl (C=O) groups excluding carboxylic acids is 3. The Morgan fingerprint density at radius 1 is 1.16 bits per heavy atom. The van der Waals surface area contributed by atoms with Crippen LogP contribution in [0.2, 0.25) is 0 Å². The van der Waals surface area contributed by atoms with Crippen LogP contribution in [0.4, 0.5) is 0 Å². The SMILES string of the molecule is COc1ccccc1CNC(=O)CN1C(=O)[C@@H]2[C@@H](C1=O)[C@H]1C=C[C@H]2C1. The fourth-order valence-electron chi connectivity index (χ4n) is 4.36. The molecule has 1 aromatic carbocycles. The molecule has 2 fully saturated rings. The van der Waals surface area contributed by atoms with Gasteiger partial charge in [0.05, 0.1) is 18.9 Å². The van der Waals surface area contributed by atoms with Gasteiger partial charge >= 0.3 is 0 Å². The molecule has 1 aromatic rings. The Labute approximate surface area is 145 Å². The molecule has 25 heavy (non-hydrogen) atoms. The van der Waals surface area contributed by atoms with Crippen LogP contribution in [-0.2, 0) is 20.9 Å². The van der Waals surface area contributed by atoms with E-state index in [1.54, 1.807) is 7.11 Å². The van der Waals surface area contributed by atoms with Crippen LogP contribution in [0.25, 0.3) is 0 Å². The number of rotatable bonds is 5. The van der Waals surface area contributed by atoms with Crippen LogP contribution >= 0.6 is 0 Å². The molecule has 2 aliphatic carbocycles. The summed E-state index contributed by atoms with van der Waals surface area (Å²) >= 11 is 0. The first-order chi connectivity index (χ1) is 12.1. The molecule has 2 bridgehead atoms. The lowest BCUT2D eigenvalue weighted by Gasteiger charge is -2.17. The molecule has 0 radical (unpaired) electrons. The van der Waals surface area contributed by atoms with Crippen LogP contribution in [0.1, 0.15) is 12.0 Å². The van der Waals surface area contributed by atoms with E-state index in [4.69, 9.17) is 4.74 Å². The van der Waals surface area contributed by atoms with Crippen molar-refractivity contribution in [3.05, 3.63) is 42.0 Å². The highest BCUT2D eigenvalue weighted by Gasteiger charge is 2.59. The average Bonchev–Trinajstić information content (AvgIpc) is 3.30. The van der Waals surface area contributed by atoms with Crippen molar-refractivity contribution in [3.8, 4) is 5.75 Å². The van der Waals surface area contributed by atoms with E-state index < -0.39 is 0 Å². The number of nitrogens with one attached hydrogen (secondary N) is 1. The fraction of sp³-hybridized carbons (Fsp3) is 0.421. The molecular weight excluding hydrogens is 320 g/mol. The lowest BCUT2D eigenvalue weighted by Crippen LogP contribution is -2.41. The highest BCUT2D eigenvalue weighted by atomic mass is 16.5. The molecule has 6 nitrogen and oxygen atoms in total. The summed E-state index contributed by atoms with van der Waals surface area (Å²) in [4.78, 5) is 38.5. The van der Waals surface area contributed by atoms with Crippen molar-refractivity contribution in [3.63, 3.8) is 0 Å². The van der Waals surface area contributed by atoms with Gasteiger partial charge in [-0.15, -0.1) is 0 Å². The van der Waals surface area contributed by atoms with Gasteiger partial charge in [-0.05, 0) is 24.3 Å². The summed E-state index contributed by atoms with van der Waals surface area (Å²) in [7, 11) is 1.57. The van der Waals surface area contributed by atoms with Crippen LogP contribution < -0.4 is 10.1 Å². The van der Waals surface area contributed by atoms with E-state index in [9.17, 15) is 14.4 Å². The molecule has 130 valence electrons. The number of nitrogens with zero attached hydrogens (tertiary/aromatic N) is 1. The first kappa shape index (κ1) is 15.9. The lowest BCUT2D eigenvalue weighted by molar-refractivity contribution is -0.144. The van der Waals surface area contributed by atoms with Gasteiger partial charge in [0.2, 0.25) is 17.7 Å². The van der Waals surface area contributed by atoms with Gasteiger partial charge in [-0.2, -0.15) is 0 Å². The summed E-state index contributed by atoms with van der Waals surface area (Å²) in [6.07, 6.45) is 4.98. The first-order valence-electron chi connectivity index (χ1n) is 8.52. The van der Waals surface area contributed by atoms with Crippen LogP contribution in [0, 0.1) is 23.7 Å². The summed E-state index contributed by atoms with van der Waals surface area (Å²) in [6.45, 7) is 0.0813. The molecule has 6 heteroatoms. The number of ether oxygens (including phenoxy) is 1. The maximum Gasteiger partial charge on any atom is 0.240 e. The van der Waals surface area contributed by atoms with Gasteiger partial charge in [-0.3, -0.25) is 19.3 Å². The molecule has 0 unspecified atom stereocenters. The van der Waals surface area contributed by atoms with Gasteiger partial charge < -0.3 is 10.1 Å². The molecule has 3 amide bonds. The Morgan fingerprint density at radius 3 is 2.44 bits per heavy atom. The largest absolute Gasteiger partial charge is 0.496 e. The van der Waals surface area contributed by atoms with Gasteiger partial charge in [0.1, 0.15) is 12.3 Å². The third-order valence-electron chi connectivity index (χ3n) is 5.53. The summed E-state index contributed by atoms with van der Waals surface area (Å²) in [5, 5.41) is 2.76. The summed E-state index contributed by atoms with van der Waals surface area (Å²) < 4.78 is 5.25. The van der Waals surface area contributed by atoms with Crippen molar-refractivity contribution in [1.82, 2.24) is 10.2 Å². The predicted molar refractivity (Wildman–Crippen MR) is 89.3 cm³/mol. The fourth-order valence-corrected chi connectivity index (χ4v) is 4.36. The maximum absolute atomic E-state index is 12.6. The van der Waals surface area contributed by atoms with Crippen molar-refractivity contribution in [2.24, 2.45) is 23.7 Å². The lowest BCUT2D eigenvalue weighted by atomic mass is 9.85. The molecule has 1 aliphatic heterocycles. The van der Waals surface area contributed by atoms with Crippen molar-refractivity contribution in [1.29, 1.82) is 0 Å². The topological polar surface area (TPSA) is 75.7 Å². The minimum Gasteiger partial charge on any atom is -0.496 e.